The number of nitrogens with zero attached hydrogens (tertiary/aromatic N) is 3. The molecule has 0 bridgehead atoms. The molecular formula is C20H52N3O2Si6Y. The second-order valence-electron chi connectivity index (χ2n) is 8.66. The van der Waals surface area contributed by atoms with Crippen LogP contribution in [0.2, 0.25) is 78.6 Å². The van der Waals surface area contributed by atoms with E-state index in [4.69, 9.17) is 9.47 Å². The molecule has 0 saturated carbocycles. The minimum atomic E-state index is -0.264. The molecule has 5 nitrogen and oxygen atoms in total. The van der Waals surface area contributed by atoms with Crippen molar-refractivity contribution in [2.24, 2.45) is 0 Å². The number of ether oxygens (including phenoxy) is 2. The fourth-order valence-corrected chi connectivity index (χ4v) is 13.1. The number of hydrogen-bond acceptors (Lipinski definition) is 2. The molecule has 2 aliphatic rings. The smallest absolute Gasteiger partial charge is 0.673 e. The quantitative estimate of drug-likeness (QED) is 0.294. The second kappa shape index (κ2) is 31.2. The molecule has 0 spiro atoms. The van der Waals surface area contributed by atoms with Crippen molar-refractivity contribution >= 4 is 53.7 Å². The summed E-state index contributed by atoms with van der Waals surface area (Å²) in [6.07, 6.45) is 5.11. The Hall–Kier alpha value is 2.21. The summed E-state index contributed by atoms with van der Waals surface area (Å²) in [5, 5.41) is 0. The van der Waals surface area contributed by atoms with E-state index >= 15 is 0 Å². The number of rotatable bonds is 6. The monoisotopic (exact) mass is 623 g/mol. The van der Waals surface area contributed by atoms with Crippen LogP contribution >= 0.6 is 0 Å². The Kier molecular flexibility index (Phi) is 40.3. The molecule has 2 heterocycles. The molecule has 0 atom stereocenters. The summed E-state index contributed by atoms with van der Waals surface area (Å²) >= 11 is 0. The van der Waals surface area contributed by atoms with Crippen LogP contribution in [0.5, 0.6) is 0 Å². The van der Waals surface area contributed by atoms with Crippen LogP contribution in [0.15, 0.2) is 0 Å². The van der Waals surface area contributed by atoms with Crippen molar-refractivity contribution in [1.29, 1.82) is 0 Å². The minimum absolute atomic E-state index is 0. The van der Waals surface area contributed by atoms with Gasteiger partial charge in [0.05, 0.1) is 0 Å². The van der Waals surface area contributed by atoms with E-state index in [0.29, 0.717) is 0 Å². The molecule has 0 aromatic heterocycles. The van der Waals surface area contributed by atoms with Crippen LogP contribution in [0, 0.1) is 0 Å². The molecule has 0 aliphatic carbocycles. The second-order valence-corrected chi connectivity index (χ2v) is 22.7. The molecule has 0 N–H and O–H groups in total. The molecule has 0 aromatic carbocycles. The van der Waals surface area contributed by atoms with Gasteiger partial charge < -0.3 is 23.4 Å². The van der Waals surface area contributed by atoms with E-state index in [9.17, 15) is 0 Å². The van der Waals surface area contributed by atoms with Crippen LogP contribution in [0.4, 0.5) is 0 Å². The first-order valence-electron chi connectivity index (χ1n) is 11.5. The summed E-state index contributed by atoms with van der Waals surface area (Å²) in [6, 6.07) is 0. The van der Waals surface area contributed by atoms with E-state index in [0.717, 1.165) is 26.4 Å². The summed E-state index contributed by atoms with van der Waals surface area (Å²) < 4.78 is 23.3. The molecular weight excluding hydrogens is 572 g/mol. The van der Waals surface area contributed by atoms with Crippen LogP contribution in [-0.4, -0.2) is 80.2 Å². The molecule has 2 rings (SSSR count). The van der Waals surface area contributed by atoms with Gasteiger partial charge in [-0.1, -0.05) is 132 Å². The summed E-state index contributed by atoms with van der Waals surface area (Å²) in [4.78, 5) is 0. The Balaban J connectivity index is -0.000000153. The van der Waals surface area contributed by atoms with E-state index in [1.807, 2.05) is 0 Å². The van der Waals surface area contributed by atoms with E-state index in [1.165, 1.54) is 25.7 Å². The first kappa shape index (κ1) is 41.3. The Morgan fingerprint density at radius 1 is 0.375 bits per heavy atom. The van der Waals surface area contributed by atoms with Gasteiger partial charge in [-0.25, -0.2) is 0 Å². The molecule has 32 heavy (non-hydrogen) atoms. The van der Waals surface area contributed by atoms with E-state index in [2.05, 4.69) is 92.5 Å². The summed E-state index contributed by atoms with van der Waals surface area (Å²) in [5.41, 5.74) is 0. The van der Waals surface area contributed by atoms with Gasteiger partial charge in [-0.2, -0.15) is 0 Å². The van der Waals surface area contributed by atoms with Crippen LogP contribution in [-0.2, 0) is 42.2 Å². The van der Waals surface area contributed by atoms with Gasteiger partial charge in [0.15, 0.2) is 0 Å². The van der Waals surface area contributed by atoms with Crippen molar-refractivity contribution < 1.29 is 42.2 Å². The standard InChI is InChI=1S/3C4H12NSi2.2C4H8O.Y/c3*1-6(2)5-7(3)4;2*1-2-4-5-3-1;/h3*1-4H3;2*1-4H2;/q3*-1;;;+3. The molecule has 0 amide bonds. The molecule has 12 heteroatoms. The van der Waals surface area contributed by atoms with Crippen molar-refractivity contribution in [2.45, 2.75) is 104 Å². The van der Waals surface area contributed by atoms with E-state index in [1.54, 1.807) is 0 Å². The van der Waals surface area contributed by atoms with Crippen molar-refractivity contribution in [2.75, 3.05) is 26.4 Å². The fourth-order valence-electron chi connectivity index (χ4n) is 2.36. The SMILES string of the molecule is C1CCOC1.C1CCOC1.C[Si](C)[N-][Si](C)C.C[Si](C)[N-][Si](C)C.C[Si](C)[N-][Si](C)C.[Y+3]. The van der Waals surface area contributed by atoms with Crippen LogP contribution in [0.1, 0.15) is 25.7 Å². The van der Waals surface area contributed by atoms with Gasteiger partial charge in [0.2, 0.25) is 0 Å². The van der Waals surface area contributed by atoms with Crippen molar-refractivity contribution in [3.63, 3.8) is 0 Å². The van der Waals surface area contributed by atoms with Crippen molar-refractivity contribution in [1.82, 2.24) is 0 Å². The Morgan fingerprint density at radius 2 is 0.531 bits per heavy atom. The maximum atomic E-state index is 4.94. The van der Waals surface area contributed by atoms with Gasteiger partial charge in [0.25, 0.3) is 0 Å². The first-order chi connectivity index (χ1) is 14.4. The van der Waals surface area contributed by atoms with Gasteiger partial charge in [-0.3, -0.25) is 0 Å². The predicted molar refractivity (Wildman–Crippen MR) is 155 cm³/mol. The average Bonchev–Trinajstić information content (AvgIpc) is 3.32. The van der Waals surface area contributed by atoms with E-state index < -0.39 is 0 Å². The van der Waals surface area contributed by atoms with Crippen LogP contribution in [0.3, 0.4) is 0 Å². The topological polar surface area (TPSA) is 60.8 Å². The van der Waals surface area contributed by atoms with Gasteiger partial charge in [0, 0.05) is 26.4 Å². The van der Waals surface area contributed by atoms with Crippen molar-refractivity contribution in [3.8, 4) is 0 Å². The van der Waals surface area contributed by atoms with Crippen LogP contribution in [0.25, 0.3) is 13.9 Å². The molecule has 2 aliphatic heterocycles. The molecule has 0 aromatic rings. The van der Waals surface area contributed by atoms with Crippen LogP contribution < -0.4 is 0 Å². The first-order valence-corrected chi connectivity index (χ1v) is 26.2. The third kappa shape index (κ3) is 53.5. The average molecular weight is 624 g/mol. The van der Waals surface area contributed by atoms with Crippen molar-refractivity contribution in [3.05, 3.63) is 13.9 Å². The summed E-state index contributed by atoms with van der Waals surface area (Å²) in [5.74, 6) is 0. The molecule has 2 saturated heterocycles. The zero-order valence-electron chi connectivity index (χ0n) is 23.4. The zero-order chi connectivity index (χ0) is 24.7. The van der Waals surface area contributed by atoms with Gasteiger partial charge in [-0.05, 0) is 25.7 Å². The molecule has 2 fully saturated rings. The normalized spacial score (nSPS) is 14.8. The maximum Gasteiger partial charge on any atom is 3.00 e. The predicted octanol–water partition coefficient (Wildman–Crippen LogP) is 7.18. The third-order valence-corrected chi connectivity index (χ3v) is 13.7. The fraction of sp³-hybridized carbons (Fsp3) is 1.00. The molecule has 6 radical (unpaired) electrons. The Bertz CT molecular complexity index is 262. The third-order valence-electron chi connectivity index (χ3n) is 3.00. The maximum absolute atomic E-state index is 4.94. The molecule has 0 unspecified atom stereocenters. The Morgan fingerprint density at radius 3 is 0.562 bits per heavy atom. The largest absolute Gasteiger partial charge is 3.00 e. The van der Waals surface area contributed by atoms with Gasteiger partial charge in [-0.15, -0.1) is 0 Å². The van der Waals surface area contributed by atoms with Gasteiger partial charge in [0.1, 0.15) is 0 Å². The summed E-state index contributed by atoms with van der Waals surface area (Å²) in [7, 11) is -1.58. The Labute approximate surface area is 238 Å². The van der Waals surface area contributed by atoms with E-state index in [-0.39, 0.29) is 86.5 Å². The summed E-state index contributed by atoms with van der Waals surface area (Å²) in [6.45, 7) is 30.7. The zero-order valence-corrected chi connectivity index (χ0v) is 32.2. The molecule has 186 valence electrons. The minimum Gasteiger partial charge on any atom is -0.673 e. The number of hydrogen-bond donors (Lipinski definition) is 0. The van der Waals surface area contributed by atoms with Gasteiger partial charge >= 0.3 is 32.7 Å².